The van der Waals surface area contributed by atoms with E-state index in [4.69, 9.17) is 5.26 Å². The molecule has 0 saturated heterocycles. The summed E-state index contributed by atoms with van der Waals surface area (Å²) < 4.78 is 0. The summed E-state index contributed by atoms with van der Waals surface area (Å²) in [5, 5.41) is 14.8. The molecule has 0 bridgehead atoms. The molecule has 2 rings (SSSR count). The zero-order chi connectivity index (χ0) is 15.2. The molecule has 2 aromatic carbocycles. The number of aryl methyl sites for hydroxylation is 1. The summed E-state index contributed by atoms with van der Waals surface area (Å²) in [6.07, 6.45) is 0. The lowest BCUT2D eigenvalue weighted by molar-refractivity contribution is 0.0963. The lowest BCUT2D eigenvalue weighted by Crippen LogP contribution is -2.18. The summed E-state index contributed by atoms with van der Waals surface area (Å²) in [5.41, 5.74) is 4.28. The van der Waals surface area contributed by atoms with E-state index in [9.17, 15) is 4.79 Å². The number of hydrogen-bond donors (Lipinski definition) is 2. The second-order valence-electron chi connectivity index (χ2n) is 4.77. The summed E-state index contributed by atoms with van der Waals surface area (Å²) >= 11 is 0. The van der Waals surface area contributed by atoms with E-state index in [1.54, 1.807) is 19.2 Å². The summed E-state index contributed by atoms with van der Waals surface area (Å²) in [5.74, 6) is -0.107. The van der Waals surface area contributed by atoms with Crippen LogP contribution in [0.1, 0.15) is 27.0 Å². The molecule has 2 N–H and O–H groups in total. The molecule has 4 nitrogen and oxygen atoms in total. The molecular formula is C17H17N3O. The number of nitrogens with one attached hydrogen (secondary N) is 2. The molecule has 21 heavy (non-hydrogen) atoms. The Kier molecular flexibility index (Phi) is 4.57. The van der Waals surface area contributed by atoms with Gasteiger partial charge in [0.15, 0.2) is 0 Å². The van der Waals surface area contributed by atoms with Gasteiger partial charge >= 0.3 is 0 Å². The fourth-order valence-electron chi connectivity index (χ4n) is 2.05. The smallest absolute Gasteiger partial charge is 0.251 e. The second kappa shape index (κ2) is 6.58. The average molecular weight is 279 g/mol. The fourth-order valence-corrected chi connectivity index (χ4v) is 2.05. The molecule has 106 valence electrons. The first-order valence-electron chi connectivity index (χ1n) is 6.69. The van der Waals surface area contributed by atoms with Gasteiger partial charge in [0.1, 0.15) is 0 Å². The Morgan fingerprint density at radius 3 is 2.76 bits per heavy atom. The number of carbonyl (C=O) groups excluding carboxylic acids is 1. The Bertz CT molecular complexity index is 701. The Morgan fingerprint density at radius 2 is 2.05 bits per heavy atom. The number of amides is 1. The van der Waals surface area contributed by atoms with Crippen molar-refractivity contribution < 1.29 is 4.79 Å². The first-order chi connectivity index (χ1) is 10.1. The van der Waals surface area contributed by atoms with Crippen molar-refractivity contribution in [3.05, 3.63) is 64.7 Å². The zero-order valence-electron chi connectivity index (χ0n) is 12.1. The molecule has 0 aliphatic rings. The Hall–Kier alpha value is -2.80. The van der Waals surface area contributed by atoms with Crippen LogP contribution in [-0.4, -0.2) is 13.0 Å². The van der Waals surface area contributed by atoms with E-state index in [0.29, 0.717) is 17.7 Å². The van der Waals surface area contributed by atoms with Crippen LogP contribution in [0.4, 0.5) is 5.69 Å². The van der Waals surface area contributed by atoms with Gasteiger partial charge in [0.2, 0.25) is 0 Å². The number of anilines is 1. The van der Waals surface area contributed by atoms with Crippen molar-refractivity contribution in [1.29, 1.82) is 5.26 Å². The van der Waals surface area contributed by atoms with E-state index in [1.165, 1.54) is 0 Å². The van der Waals surface area contributed by atoms with E-state index in [2.05, 4.69) is 16.7 Å². The molecule has 0 radical (unpaired) electrons. The predicted molar refractivity (Wildman–Crippen MR) is 83.1 cm³/mol. The number of carbonyl (C=O) groups is 1. The normalized spacial score (nSPS) is 9.76. The first kappa shape index (κ1) is 14.6. The van der Waals surface area contributed by atoms with Gasteiger partial charge in [-0.25, -0.2) is 0 Å². The Balaban J connectivity index is 2.15. The third-order valence-electron chi connectivity index (χ3n) is 3.27. The van der Waals surface area contributed by atoms with Crippen LogP contribution in [-0.2, 0) is 6.54 Å². The van der Waals surface area contributed by atoms with Crippen LogP contribution < -0.4 is 10.6 Å². The summed E-state index contributed by atoms with van der Waals surface area (Å²) in [6.45, 7) is 2.59. The topological polar surface area (TPSA) is 64.9 Å². The largest absolute Gasteiger partial charge is 0.381 e. The maximum absolute atomic E-state index is 11.7. The van der Waals surface area contributed by atoms with Gasteiger partial charge in [-0.2, -0.15) is 5.26 Å². The van der Waals surface area contributed by atoms with Crippen molar-refractivity contribution in [1.82, 2.24) is 5.32 Å². The van der Waals surface area contributed by atoms with Gasteiger partial charge in [-0.15, -0.1) is 0 Å². The number of rotatable bonds is 4. The Labute approximate surface area is 124 Å². The van der Waals surface area contributed by atoms with Crippen LogP contribution in [0, 0.1) is 18.3 Å². The monoisotopic (exact) mass is 279 g/mol. The van der Waals surface area contributed by atoms with Crippen molar-refractivity contribution in [3.63, 3.8) is 0 Å². The minimum atomic E-state index is -0.107. The van der Waals surface area contributed by atoms with E-state index >= 15 is 0 Å². The molecule has 0 atom stereocenters. The van der Waals surface area contributed by atoms with Crippen molar-refractivity contribution in [2.45, 2.75) is 13.5 Å². The number of nitriles is 1. The lowest BCUT2D eigenvalue weighted by Gasteiger charge is -2.11. The van der Waals surface area contributed by atoms with Crippen LogP contribution >= 0.6 is 0 Å². The van der Waals surface area contributed by atoms with Gasteiger partial charge in [0.25, 0.3) is 5.91 Å². The van der Waals surface area contributed by atoms with Crippen molar-refractivity contribution in [2.24, 2.45) is 0 Å². The van der Waals surface area contributed by atoms with Crippen LogP contribution in [0.15, 0.2) is 42.5 Å². The third-order valence-corrected chi connectivity index (χ3v) is 3.27. The van der Waals surface area contributed by atoms with Crippen LogP contribution in [0.5, 0.6) is 0 Å². The van der Waals surface area contributed by atoms with Gasteiger partial charge in [0.05, 0.1) is 11.6 Å². The lowest BCUT2D eigenvalue weighted by atomic mass is 10.1. The maximum atomic E-state index is 11.7. The highest BCUT2D eigenvalue weighted by atomic mass is 16.1. The van der Waals surface area contributed by atoms with Crippen LogP contribution in [0.3, 0.4) is 0 Å². The standard InChI is InChI=1S/C17H17N3O/c1-12-6-7-15(17(21)19-2)9-16(12)20-11-14-5-3-4-13(8-14)10-18/h3-9,20H,11H2,1-2H3,(H,19,21). The van der Waals surface area contributed by atoms with Crippen LogP contribution in [0.2, 0.25) is 0 Å². The highest BCUT2D eigenvalue weighted by Crippen LogP contribution is 2.18. The first-order valence-corrected chi connectivity index (χ1v) is 6.69. The molecule has 0 heterocycles. The predicted octanol–water partition coefficient (Wildman–Crippen LogP) is 2.84. The number of nitrogens with zero attached hydrogens (tertiary/aromatic N) is 1. The fraction of sp³-hybridized carbons (Fsp3) is 0.176. The Morgan fingerprint density at radius 1 is 1.24 bits per heavy atom. The molecule has 2 aromatic rings. The third kappa shape index (κ3) is 3.61. The molecule has 4 heteroatoms. The number of benzene rings is 2. The van der Waals surface area contributed by atoms with Gasteiger partial charge in [0, 0.05) is 24.8 Å². The summed E-state index contributed by atoms with van der Waals surface area (Å²) in [4.78, 5) is 11.7. The van der Waals surface area contributed by atoms with Crippen molar-refractivity contribution in [3.8, 4) is 6.07 Å². The molecular weight excluding hydrogens is 262 g/mol. The quantitative estimate of drug-likeness (QED) is 0.904. The molecule has 0 aliphatic heterocycles. The molecule has 1 amide bonds. The van der Waals surface area contributed by atoms with Crippen molar-refractivity contribution >= 4 is 11.6 Å². The highest BCUT2D eigenvalue weighted by Gasteiger charge is 2.06. The van der Waals surface area contributed by atoms with E-state index in [0.717, 1.165) is 16.8 Å². The van der Waals surface area contributed by atoms with E-state index < -0.39 is 0 Å². The van der Waals surface area contributed by atoms with Gasteiger partial charge < -0.3 is 10.6 Å². The summed E-state index contributed by atoms with van der Waals surface area (Å²) in [7, 11) is 1.61. The number of hydrogen-bond acceptors (Lipinski definition) is 3. The summed E-state index contributed by atoms with van der Waals surface area (Å²) in [6, 6.07) is 15.1. The molecule has 0 unspecified atom stereocenters. The molecule has 0 saturated carbocycles. The second-order valence-corrected chi connectivity index (χ2v) is 4.77. The molecule has 0 spiro atoms. The average Bonchev–Trinajstić information content (AvgIpc) is 2.53. The maximum Gasteiger partial charge on any atom is 0.251 e. The minimum Gasteiger partial charge on any atom is -0.381 e. The van der Waals surface area contributed by atoms with Gasteiger partial charge in [-0.1, -0.05) is 18.2 Å². The molecule has 0 aliphatic carbocycles. The minimum absolute atomic E-state index is 0.107. The SMILES string of the molecule is CNC(=O)c1ccc(C)c(NCc2cccc(C#N)c2)c1. The van der Waals surface area contributed by atoms with Gasteiger partial charge in [-0.05, 0) is 42.3 Å². The molecule has 0 aromatic heterocycles. The highest BCUT2D eigenvalue weighted by molar-refractivity contribution is 5.95. The zero-order valence-corrected chi connectivity index (χ0v) is 12.1. The van der Waals surface area contributed by atoms with Crippen molar-refractivity contribution in [2.75, 3.05) is 12.4 Å². The van der Waals surface area contributed by atoms with E-state index in [-0.39, 0.29) is 5.91 Å². The van der Waals surface area contributed by atoms with Gasteiger partial charge in [-0.3, -0.25) is 4.79 Å². The van der Waals surface area contributed by atoms with E-state index in [1.807, 2.05) is 37.3 Å². The molecule has 0 fully saturated rings. The van der Waals surface area contributed by atoms with Crippen LogP contribution in [0.25, 0.3) is 0 Å².